The van der Waals surface area contributed by atoms with Gasteiger partial charge in [-0.1, -0.05) is 41.7 Å². The topological polar surface area (TPSA) is 52.8 Å². The van der Waals surface area contributed by atoms with Gasteiger partial charge in [-0.2, -0.15) is 0 Å². The van der Waals surface area contributed by atoms with E-state index in [4.69, 9.17) is 14.5 Å². The fourth-order valence-electron chi connectivity index (χ4n) is 4.86. The van der Waals surface area contributed by atoms with E-state index >= 15 is 0 Å². The quantitative estimate of drug-likeness (QED) is 0.344. The summed E-state index contributed by atoms with van der Waals surface area (Å²) in [6.45, 7) is 0. The van der Waals surface area contributed by atoms with E-state index in [2.05, 4.69) is 51.6 Å². The molecule has 2 aromatic heterocycles. The summed E-state index contributed by atoms with van der Waals surface area (Å²) in [7, 11) is 3.23. The lowest BCUT2D eigenvalue weighted by molar-refractivity contribution is 0.392. The number of fused-ring (bicyclic) bond motifs is 3. The van der Waals surface area contributed by atoms with Gasteiger partial charge in [-0.25, -0.2) is 4.99 Å². The molecule has 5 nitrogen and oxygen atoms in total. The number of thiophene rings is 1. The zero-order valence-corrected chi connectivity index (χ0v) is 22.3. The highest BCUT2D eigenvalue weighted by Gasteiger charge is 2.33. The van der Waals surface area contributed by atoms with Crippen molar-refractivity contribution >= 4 is 50.4 Å². The molecule has 0 fully saturated rings. The van der Waals surface area contributed by atoms with Crippen molar-refractivity contribution in [1.82, 2.24) is 4.57 Å². The van der Waals surface area contributed by atoms with Gasteiger partial charge in [0.15, 0.2) is 4.80 Å². The molecule has 1 aliphatic heterocycles. The van der Waals surface area contributed by atoms with E-state index in [1.54, 1.807) is 25.6 Å². The lowest BCUT2D eigenvalue weighted by atomic mass is 9.85. The average Bonchev–Trinajstić information content (AvgIpc) is 3.51. The van der Waals surface area contributed by atoms with Crippen LogP contribution in [0.5, 0.6) is 11.5 Å². The predicted molar refractivity (Wildman–Crippen MR) is 144 cm³/mol. The number of nitrogens with zero attached hydrogens (tertiary/aromatic N) is 2. The van der Waals surface area contributed by atoms with Gasteiger partial charge in [-0.15, -0.1) is 11.3 Å². The van der Waals surface area contributed by atoms with Crippen LogP contribution in [0.1, 0.15) is 34.0 Å². The first-order valence-electron chi connectivity index (χ1n) is 11.2. The Morgan fingerprint density at radius 1 is 1.09 bits per heavy atom. The van der Waals surface area contributed by atoms with E-state index in [0.717, 1.165) is 38.3 Å². The molecule has 0 saturated carbocycles. The van der Waals surface area contributed by atoms with Crippen molar-refractivity contribution < 1.29 is 9.47 Å². The Morgan fingerprint density at radius 2 is 1.91 bits per heavy atom. The highest BCUT2D eigenvalue weighted by Crippen LogP contribution is 2.42. The summed E-state index contributed by atoms with van der Waals surface area (Å²) >= 11 is 6.65. The molecule has 6 rings (SSSR count). The molecule has 0 amide bonds. The van der Waals surface area contributed by atoms with Gasteiger partial charge in [-0.3, -0.25) is 9.36 Å². The standard InChI is InChI=1S/C27H21BrN2O3S2/c1-32-20-14-21(33-2)19(28)12-16(20)13-23-26(31)30-25(22-8-5-11-34-22)18-10-9-15-6-3-4-7-17(15)24(18)29-27(30)35-23/h3-8,11-14,25H,9-10H2,1-2H3/b23-13-/t25-/m1/s1. The lowest BCUT2D eigenvalue weighted by Crippen LogP contribution is -2.38. The predicted octanol–water partition coefficient (Wildman–Crippen LogP) is 5.16. The Kier molecular flexibility index (Phi) is 5.75. The van der Waals surface area contributed by atoms with Crippen LogP contribution in [-0.4, -0.2) is 18.8 Å². The third kappa shape index (κ3) is 3.71. The number of methoxy groups -OCH3 is 2. The molecule has 8 heteroatoms. The molecule has 0 radical (unpaired) electrons. The Labute approximate surface area is 218 Å². The number of hydrogen-bond donors (Lipinski definition) is 0. The van der Waals surface area contributed by atoms with Gasteiger partial charge >= 0.3 is 0 Å². The molecule has 2 aromatic carbocycles. The first-order valence-corrected chi connectivity index (χ1v) is 13.7. The van der Waals surface area contributed by atoms with Crippen LogP contribution in [0.4, 0.5) is 0 Å². The highest BCUT2D eigenvalue weighted by molar-refractivity contribution is 9.10. The summed E-state index contributed by atoms with van der Waals surface area (Å²) in [6.07, 6.45) is 3.73. The molecule has 0 saturated heterocycles. The normalized spacial score (nSPS) is 16.9. The van der Waals surface area contributed by atoms with E-state index < -0.39 is 0 Å². The maximum Gasteiger partial charge on any atom is 0.271 e. The highest BCUT2D eigenvalue weighted by atomic mass is 79.9. The van der Waals surface area contributed by atoms with E-state index in [0.29, 0.717) is 16.0 Å². The molecule has 4 aromatic rings. The summed E-state index contributed by atoms with van der Waals surface area (Å²) in [4.78, 5) is 20.8. The van der Waals surface area contributed by atoms with Gasteiger partial charge in [0, 0.05) is 22.1 Å². The molecule has 1 aliphatic carbocycles. The van der Waals surface area contributed by atoms with Crippen LogP contribution in [0.3, 0.4) is 0 Å². The smallest absolute Gasteiger partial charge is 0.271 e. The average molecular weight is 566 g/mol. The minimum Gasteiger partial charge on any atom is -0.496 e. The molecule has 2 aliphatic rings. The zero-order chi connectivity index (χ0) is 24.1. The minimum atomic E-state index is -0.138. The van der Waals surface area contributed by atoms with E-state index in [9.17, 15) is 4.79 Å². The molecule has 176 valence electrons. The first kappa shape index (κ1) is 22.5. The van der Waals surface area contributed by atoms with Crippen molar-refractivity contribution in [1.29, 1.82) is 0 Å². The van der Waals surface area contributed by atoms with Crippen molar-refractivity contribution in [2.24, 2.45) is 4.99 Å². The van der Waals surface area contributed by atoms with Crippen LogP contribution >= 0.6 is 38.6 Å². The fourth-order valence-corrected chi connectivity index (χ4v) is 7.22. The van der Waals surface area contributed by atoms with Gasteiger partial charge in [0.1, 0.15) is 11.5 Å². The monoisotopic (exact) mass is 564 g/mol. The molecule has 35 heavy (non-hydrogen) atoms. The summed E-state index contributed by atoms with van der Waals surface area (Å²) in [6, 6.07) is 16.2. The van der Waals surface area contributed by atoms with Gasteiger partial charge in [-0.05, 0) is 63.5 Å². The number of aryl methyl sites for hydroxylation is 1. The number of hydrogen-bond acceptors (Lipinski definition) is 6. The van der Waals surface area contributed by atoms with Gasteiger partial charge in [0.05, 0.1) is 35.0 Å². The number of benzene rings is 2. The summed E-state index contributed by atoms with van der Waals surface area (Å²) in [5.41, 5.74) is 5.48. The fraction of sp³-hybridized carbons (Fsp3) is 0.185. The van der Waals surface area contributed by atoms with E-state index in [1.165, 1.54) is 28.0 Å². The van der Waals surface area contributed by atoms with Crippen molar-refractivity contribution in [2.75, 3.05) is 14.2 Å². The number of rotatable bonds is 4. The summed E-state index contributed by atoms with van der Waals surface area (Å²) < 4.78 is 14.3. The Bertz CT molecular complexity index is 1670. The largest absolute Gasteiger partial charge is 0.496 e. The Balaban J connectivity index is 1.60. The number of allylic oxidation sites excluding steroid dienone is 1. The van der Waals surface area contributed by atoms with Crippen LogP contribution in [0.15, 0.2) is 73.7 Å². The maximum absolute atomic E-state index is 13.8. The number of aromatic nitrogens is 1. The second-order valence-corrected chi connectivity index (χ2v) is 11.2. The van der Waals surface area contributed by atoms with Gasteiger partial charge < -0.3 is 9.47 Å². The molecule has 3 heterocycles. The van der Waals surface area contributed by atoms with Crippen LogP contribution < -0.4 is 24.4 Å². The van der Waals surface area contributed by atoms with Crippen molar-refractivity contribution in [2.45, 2.75) is 18.9 Å². The van der Waals surface area contributed by atoms with Crippen LogP contribution in [0.25, 0.3) is 11.8 Å². The molecule has 0 N–H and O–H groups in total. The lowest BCUT2D eigenvalue weighted by Gasteiger charge is -2.30. The Hall–Kier alpha value is -2.94. The molecular weight excluding hydrogens is 544 g/mol. The number of thiazole rings is 1. The van der Waals surface area contributed by atoms with Crippen LogP contribution in [-0.2, 0) is 6.42 Å². The number of ether oxygens (including phenoxy) is 2. The second kappa shape index (κ2) is 8.93. The summed E-state index contributed by atoms with van der Waals surface area (Å²) in [5.74, 6) is 1.31. The zero-order valence-electron chi connectivity index (χ0n) is 19.1. The SMILES string of the molecule is COc1cc(OC)c(/C=c2\sc3n(c2=O)[C@@H](c2cccs2)C2=C(N=3)c3ccccc3CC2)cc1Br. The van der Waals surface area contributed by atoms with Crippen LogP contribution in [0, 0.1) is 0 Å². The molecular formula is C27H21BrN2O3S2. The molecule has 0 spiro atoms. The molecule has 0 unspecified atom stereocenters. The second-order valence-electron chi connectivity index (χ2n) is 8.36. The van der Waals surface area contributed by atoms with Gasteiger partial charge in [0.25, 0.3) is 5.56 Å². The third-order valence-corrected chi connectivity index (χ3v) is 9.00. The van der Waals surface area contributed by atoms with Crippen LogP contribution in [0.2, 0.25) is 0 Å². The van der Waals surface area contributed by atoms with Gasteiger partial charge in [0.2, 0.25) is 0 Å². The Morgan fingerprint density at radius 3 is 2.69 bits per heavy atom. The van der Waals surface area contributed by atoms with E-state index in [-0.39, 0.29) is 11.6 Å². The first-order chi connectivity index (χ1) is 17.1. The van der Waals surface area contributed by atoms with E-state index in [1.807, 2.05) is 28.8 Å². The minimum absolute atomic E-state index is 0.0356. The molecule has 0 bridgehead atoms. The van der Waals surface area contributed by atoms with Crippen molar-refractivity contribution in [3.05, 3.63) is 105 Å². The van der Waals surface area contributed by atoms with Crippen molar-refractivity contribution in [3.8, 4) is 11.5 Å². The third-order valence-electron chi connectivity index (χ3n) is 6.48. The number of halogens is 1. The maximum atomic E-state index is 13.8. The summed E-state index contributed by atoms with van der Waals surface area (Å²) in [5, 5.41) is 2.07. The van der Waals surface area contributed by atoms with Crippen molar-refractivity contribution in [3.63, 3.8) is 0 Å². The molecule has 1 atom stereocenters.